The van der Waals surface area contributed by atoms with Gasteiger partial charge in [-0.05, 0) is 40.9 Å². The van der Waals surface area contributed by atoms with Gasteiger partial charge in [0.2, 0.25) is 0 Å². The fraction of sp³-hybridized carbons (Fsp3) is 0.571. The van der Waals surface area contributed by atoms with Gasteiger partial charge in [0, 0.05) is 17.8 Å². The number of halogens is 4. The molecule has 20 heavy (non-hydrogen) atoms. The Balaban J connectivity index is 2.14. The van der Waals surface area contributed by atoms with Crippen LogP contribution in [0.25, 0.3) is 0 Å². The molecule has 1 saturated carbocycles. The smallest absolute Gasteiger partial charge is 0.393 e. The molecule has 1 aliphatic carbocycles. The highest BCUT2D eigenvalue weighted by molar-refractivity contribution is 9.10. The molecule has 2 rings (SSSR count). The van der Waals surface area contributed by atoms with E-state index in [0.717, 1.165) is 10.9 Å². The normalized spacial score (nSPS) is 23.4. The molecule has 2 atom stereocenters. The molecule has 0 bridgehead atoms. The molecule has 0 aromatic heterocycles. The van der Waals surface area contributed by atoms with Crippen molar-refractivity contribution in [2.75, 3.05) is 12.4 Å². The average Bonchev–Trinajstić information content (AvgIpc) is 2.40. The van der Waals surface area contributed by atoms with Crippen LogP contribution in [0, 0.1) is 5.92 Å². The maximum Gasteiger partial charge on any atom is 0.393 e. The Hall–Kier alpha value is -0.910. The summed E-state index contributed by atoms with van der Waals surface area (Å²) in [6, 6.07) is 4.68. The minimum atomic E-state index is -4.14. The lowest BCUT2D eigenvalue weighted by Gasteiger charge is -2.34. The summed E-state index contributed by atoms with van der Waals surface area (Å²) in [5, 5.41) is 3.02. The number of methoxy groups -OCH3 is 1. The molecular formula is C14H17BrF3NO. The molecule has 1 fully saturated rings. The van der Waals surface area contributed by atoms with Crippen molar-refractivity contribution in [2.24, 2.45) is 5.92 Å². The summed E-state index contributed by atoms with van der Waals surface area (Å²) in [5.41, 5.74) is 0.659. The zero-order valence-corrected chi connectivity index (χ0v) is 12.7. The Morgan fingerprint density at radius 2 is 1.95 bits per heavy atom. The Morgan fingerprint density at radius 1 is 1.25 bits per heavy atom. The summed E-state index contributed by atoms with van der Waals surface area (Å²) >= 11 is 3.33. The molecule has 0 aliphatic heterocycles. The van der Waals surface area contributed by atoms with E-state index >= 15 is 0 Å². The van der Waals surface area contributed by atoms with Crippen LogP contribution < -0.4 is 10.1 Å². The monoisotopic (exact) mass is 351 g/mol. The van der Waals surface area contributed by atoms with Crippen molar-refractivity contribution in [3.8, 4) is 5.75 Å². The zero-order valence-electron chi connectivity index (χ0n) is 11.1. The van der Waals surface area contributed by atoms with Gasteiger partial charge in [-0.3, -0.25) is 0 Å². The van der Waals surface area contributed by atoms with Gasteiger partial charge in [0.15, 0.2) is 0 Å². The van der Waals surface area contributed by atoms with Crippen LogP contribution in [0.5, 0.6) is 5.75 Å². The summed E-state index contributed by atoms with van der Waals surface area (Å²) in [7, 11) is 1.53. The van der Waals surface area contributed by atoms with Crippen molar-refractivity contribution in [1.29, 1.82) is 0 Å². The topological polar surface area (TPSA) is 21.3 Å². The molecule has 1 aliphatic rings. The number of hydrogen-bond donors (Lipinski definition) is 1. The number of alkyl halides is 3. The van der Waals surface area contributed by atoms with Gasteiger partial charge in [-0.15, -0.1) is 0 Å². The molecule has 2 unspecified atom stereocenters. The van der Waals surface area contributed by atoms with Gasteiger partial charge in [-0.1, -0.05) is 12.8 Å². The van der Waals surface area contributed by atoms with E-state index in [0.29, 0.717) is 24.3 Å². The molecule has 112 valence electrons. The lowest BCUT2D eigenvalue weighted by molar-refractivity contribution is -0.184. The molecule has 1 N–H and O–H groups in total. The fourth-order valence-corrected chi connectivity index (χ4v) is 3.07. The quantitative estimate of drug-likeness (QED) is 0.828. The van der Waals surface area contributed by atoms with Crippen molar-refractivity contribution < 1.29 is 17.9 Å². The van der Waals surface area contributed by atoms with E-state index in [1.165, 1.54) is 7.11 Å². The highest BCUT2D eigenvalue weighted by Crippen LogP contribution is 2.39. The Bertz CT molecular complexity index is 464. The third-order valence-electron chi connectivity index (χ3n) is 3.69. The van der Waals surface area contributed by atoms with Crippen molar-refractivity contribution in [3.05, 3.63) is 22.7 Å². The number of nitrogens with one attached hydrogen (secondary N) is 1. The first kappa shape index (κ1) is 15.5. The summed E-state index contributed by atoms with van der Waals surface area (Å²) in [6.45, 7) is 0. The highest BCUT2D eigenvalue weighted by atomic mass is 79.9. The van der Waals surface area contributed by atoms with Crippen LogP contribution in [-0.4, -0.2) is 19.3 Å². The number of benzene rings is 1. The first-order chi connectivity index (χ1) is 9.41. The second-order valence-corrected chi connectivity index (χ2v) is 5.89. The Kier molecular flexibility index (Phi) is 4.83. The minimum absolute atomic E-state index is 0.203. The second-order valence-electron chi connectivity index (χ2n) is 5.03. The maximum absolute atomic E-state index is 13.0. The maximum atomic E-state index is 13.0. The minimum Gasteiger partial charge on any atom is -0.495 e. The predicted octanol–water partition coefficient (Wildman–Crippen LogP) is 4.99. The molecule has 0 amide bonds. The lowest BCUT2D eigenvalue weighted by atomic mass is 9.84. The highest BCUT2D eigenvalue weighted by Gasteiger charge is 2.45. The number of rotatable bonds is 3. The van der Waals surface area contributed by atoms with Crippen molar-refractivity contribution in [3.63, 3.8) is 0 Å². The van der Waals surface area contributed by atoms with Gasteiger partial charge < -0.3 is 10.1 Å². The summed E-state index contributed by atoms with van der Waals surface area (Å²) < 4.78 is 45.0. The Morgan fingerprint density at radius 3 is 2.60 bits per heavy atom. The van der Waals surface area contributed by atoms with Crippen LogP contribution in [0.4, 0.5) is 18.9 Å². The third-order valence-corrected chi connectivity index (χ3v) is 4.34. The standard InChI is InChI=1S/C14H17BrF3NO/c1-20-13-8-9(6-7-11(13)15)19-12-5-3-2-4-10(12)14(16,17)18/h6-8,10,12,19H,2-5H2,1H3. The lowest BCUT2D eigenvalue weighted by Crippen LogP contribution is -2.41. The second kappa shape index (κ2) is 6.24. The van der Waals surface area contributed by atoms with Crippen molar-refractivity contribution in [1.82, 2.24) is 0 Å². The van der Waals surface area contributed by atoms with E-state index < -0.39 is 18.1 Å². The molecule has 0 saturated heterocycles. The molecule has 0 heterocycles. The largest absolute Gasteiger partial charge is 0.495 e. The van der Waals surface area contributed by atoms with Crippen LogP contribution in [0.2, 0.25) is 0 Å². The van der Waals surface area contributed by atoms with Crippen molar-refractivity contribution >= 4 is 21.6 Å². The van der Waals surface area contributed by atoms with Crippen LogP contribution in [0.1, 0.15) is 25.7 Å². The van der Waals surface area contributed by atoms with E-state index in [4.69, 9.17) is 4.74 Å². The van der Waals surface area contributed by atoms with Gasteiger partial charge in [0.25, 0.3) is 0 Å². The number of anilines is 1. The third kappa shape index (κ3) is 3.59. The SMILES string of the molecule is COc1cc(NC2CCCCC2C(F)(F)F)ccc1Br. The molecule has 1 aromatic rings. The van der Waals surface area contributed by atoms with E-state index in [2.05, 4.69) is 21.2 Å². The first-order valence-corrected chi connectivity index (χ1v) is 7.38. The summed E-state index contributed by atoms with van der Waals surface area (Å²) in [6.07, 6.45) is -1.92. The van der Waals surface area contributed by atoms with Gasteiger partial charge >= 0.3 is 6.18 Å². The molecule has 0 spiro atoms. The van der Waals surface area contributed by atoms with Gasteiger partial charge in [0.05, 0.1) is 17.5 Å². The predicted molar refractivity (Wildman–Crippen MR) is 76.1 cm³/mol. The van der Waals surface area contributed by atoms with Crippen LogP contribution in [0.15, 0.2) is 22.7 Å². The Labute approximate surface area is 124 Å². The molecule has 2 nitrogen and oxygen atoms in total. The molecule has 0 radical (unpaired) electrons. The zero-order chi connectivity index (χ0) is 14.8. The van der Waals surface area contributed by atoms with E-state index in [1.807, 2.05) is 0 Å². The van der Waals surface area contributed by atoms with Gasteiger partial charge in [-0.2, -0.15) is 13.2 Å². The van der Waals surface area contributed by atoms with E-state index in [9.17, 15) is 13.2 Å². The first-order valence-electron chi connectivity index (χ1n) is 6.58. The summed E-state index contributed by atoms with van der Waals surface area (Å²) in [5.74, 6) is -0.666. The number of hydrogen-bond acceptors (Lipinski definition) is 2. The van der Waals surface area contributed by atoms with Gasteiger partial charge in [0.1, 0.15) is 5.75 Å². The molecular weight excluding hydrogens is 335 g/mol. The molecule has 1 aromatic carbocycles. The number of ether oxygens (including phenoxy) is 1. The van der Waals surface area contributed by atoms with Crippen LogP contribution in [-0.2, 0) is 0 Å². The van der Waals surface area contributed by atoms with Crippen molar-refractivity contribution in [2.45, 2.75) is 37.9 Å². The summed E-state index contributed by atoms with van der Waals surface area (Å²) in [4.78, 5) is 0. The van der Waals surface area contributed by atoms with Crippen LogP contribution >= 0.6 is 15.9 Å². The van der Waals surface area contributed by atoms with E-state index in [-0.39, 0.29) is 6.42 Å². The van der Waals surface area contributed by atoms with Gasteiger partial charge in [-0.25, -0.2) is 0 Å². The van der Waals surface area contributed by atoms with E-state index in [1.54, 1.807) is 18.2 Å². The van der Waals surface area contributed by atoms with Crippen LogP contribution in [0.3, 0.4) is 0 Å². The molecule has 6 heteroatoms. The average molecular weight is 352 g/mol. The fourth-order valence-electron chi connectivity index (χ4n) is 2.66.